The molecule has 2 atom stereocenters. The van der Waals surface area contributed by atoms with E-state index in [4.69, 9.17) is 11.6 Å². The van der Waals surface area contributed by atoms with Gasteiger partial charge in [0, 0.05) is 35.0 Å². The van der Waals surface area contributed by atoms with Gasteiger partial charge >= 0.3 is 0 Å². The monoisotopic (exact) mass is 544 g/mol. The van der Waals surface area contributed by atoms with E-state index in [-0.39, 0.29) is 11.8 Å². The van der Waals surface area contributed by atoms with Crippen LogP contribution in [0, 0.1) is 6.92 Å². The molecule has 1 heterocycles. The lowest BCUT2D eigenvalue weighted by Crippen LogP contribution is -2.50. The zero-order valence-electron chi connectivity index (χ0n) is 21.7. The summed E-state index contributed by atoms with van der Waals surface area (Å²) in [6.45, 7) is 3.28. The Labute approximate surface area is 234 Å². The van der Waals surface area contributed by atoms with E-state index in [1.807, 2.05) is 54.6 Å². The second kappa shape index (κ2) is 12.2. The van der Waals surface area contributed by atoms with Crippen LogP contribution < -0.4 is 5.32 Å². The summed E-state index contributed by atoms with van der Waals surface area (Å²) in [6.07, 6.45) is 7.34. The van der Waals surface area contributed by atoms with E-state index < -0.39 is 0 Å². The standard InChI is InChI=1S/C32H33ClN2O2S/c1-22-6-8-25(9-7-22)21-35-28-4-2-3-5-29(28)38-30(32(35)37)20-24-10-14-26(15-11-24)31(36)34-19-18-23-12-16-27(33)17-13-23/h6-17,20,28-29H,2-5,18-19,21H2,1H3,(H,34,36)/b30-20+. The fraction of sp³-hybridized carbons (Fsp3) is 0.312. The first kappa shape index (κ1) is 26.6. The summed E-state index contributed by atoms with van der Waals surface area (Å²) < 4.78 is 0. The van der Waals surface area contributed by atoms with Gasteiger partial charge in [-0.2, -0.15) is 0 Å². The number of thioether (sulfide) groups is 1. The van der Waals surface area contributed by atoms with E-state index in [9.17, 15) is 9.59 Å². The van der Waals surface area contributed by atoms with Crippen molar-refractivity contribution >= 4 is 41.3 Å². The smallest absolute Gasteiger partial charge is 0.260 e. The molecule has 2 fully saturated rings. The maximum atomic E-state index is 13.7. The molecule has 0 bridgehead atoms. The van der Waals surface area contributed by atoms with E-state index in [1.165, 1.54) is 24.0 Å². The Hall–Kier alpha value is -3.02. The van der Waals surface area contributed by atoms with Gasteiger partial charge in [0.25, 0.3) is 11.8 Å². The van der Waals surface area contributed by atoms with E-state index in [1.54, 1.807) is 11.8 Å². The highest BCUT2D eigenvalue weighted by atomic mass is 35.5. The lowest BCUT2D eigenvalue weighted by molar-refractivity contribution is -0.130. The first-order valence-electron chi connectivity index (χ1n) is 13.3. The second-order valence-corrected chi connectivity index (χ2v) is 11.9. The van der Waals surface area contributed by atoms with Gasteiger partial charge in [0.2, 0.25) is 0 Å². The molecule has 1 aliphatic carbocycles. The molecular weight excluding hydrogens is 512 g/mol. The molecule has 3 aromatic rings. The number of amides is 2. The number of rotatable bonds is 7. The van der Waals surface area contributed by atoms with Crippen molar-refractivity contribution in [1.29, 1.82) is 0 Å². The van der Waals surface area contributed by atoms with Crippen molar-refractivity contribution in [2.75, 3.05) is 6.54 Å². The van der Waals surface area contributed by atoms with Gasteiger partial charge in [-0.15, -0.1) is 11.8 Å². The molecule has 5 rings (SSSR count). The van der Waals surface area contributed by atoms with Crippen molar-refractivity contribution in [2.24, 2.45) is 0 Å². The number of benzene rings is 3. The van der Waals surface area contributed by atoms with E-state index in [0.717, 1.165) is 35.3 Å². The maximum Gasteiger partial charge on any atom is 0.260 e. The number of aryl methyl sites for hydroxylation is 1. The van der Waals surface area contributed by atoms with Crippen LogP contribution in [0.25, 0.3) is 6.08 Å². The first-order chi connectivity index (χ1) is 18.5. The molecule has 2 amide bonds. The second-order valence-electron chi connectivity index (χ2n) is 10.2. The number of hydrogen-bond acceptors (Lipinski definition) is 3. The molecule has 0 spiro atoms. The van der Waals surface area contributed by atoms with Crippen LogP contribution in [0.5, 0.6) is 0 Å². The third kappa shape index (κ3) is 6.51. The lowest BCUT2D eigenvalue weighted by Gasteiger charge is -2.44. The molecule has 0 aromatic heterocycles. The van der Waals surface area contributed by atoms with E-state index >= 15 is 0 Å². The van der Waals surface area contributed by atoms with Crippen LogP contribution in [-0.4, -0.2) is 34.6 Å². The Balaban J connectivity index is 1.25. The fourth-order valence-electron chi connectivity index (χ4n) is 5.21. The molecule has 0 radical (unpaired) electrons. The zero-order valence-corrected chi connectivity index (χ0v) is 23.2. The number of fused-ring (bicyclic) bond motifs is 1. The highest BCUT2D eigenvalue weighted by Crippen LogP contribution is 2.42. The van der Waals surface area contributed by atoms with Gasteiger partial charge in [0.15, 0.2) is 0 Å². The molecule has 4 nitrogen and oxygen atoms in total. The molecule has 2 unspecified atom stereocenters. The minimum absolute atomic E-state index is 0.101. The molecule has 1 N–H and O–H groups in total. The van der Waals surface area contributed by atoms with Crippen LogP contribution in [-0.2, 0) is 17.8 Å². The van der Waals surface area contributed by atoms with Crippen LogP contribution in [0.4, 0.5) is 0 Å². The van der Waals surface area contributed by atoms with E-state index in [2.05, 4.69) is 41.4 Å². The molecule has 38 heavy (non-hydrogen) atoms. The van der Waals surface area contributed by atoms with Gasteiger partial charge in [-0.1, -0.05) is 78.5 Å². The number of nitrogens with one attached hydrogen (secondary N) is 1. The molecule has 196 valence electrons. The van der Waals surface area contributed by atoms with Crippen molar-refractivity contribution in [3.8, 4) is 0 Å². The van der Waals surface area contributed by atoms with Crippen LogP contribution in [0.1, 0.15) is 58.3 Å². The predicted octanol–water partition coefficient (Wildman–Crippen LogP) is 7.05. The number of carbonyl (C=O) groups is 2. The van der Waals surface area contributed by atoms with Crippen molar-refractivity contribution in [1.82, 2.24) is 10.2 Å². The van der Waals surface area contributed by atoms with Crippen LogP contribution in [0.3, 0.4) is 0 Å². The molecule has 6 heteroatoms. The molecule has 2 aliphatic rings. The summed E-state index contributed by atoms with van der Waals surface area (Å²) in [5.41, 5.74) is 5.07. The van der Waals surface area contributed by atoms with Crippen molar-refractivity contribution in [3.63, 3.8) is 0 Å². The first-order valence-corrected chi connectivity index (χ1v) is 14.6. The summed E-state index contributed by atoms with van der Waals surface area (Å²) in [5, 5.41) is 4.12. The molecule has 3 aromatic carbocycles. The Kier molecular flexibility index (Phi) is 8.55. The summed E-state index contributed by atoms with van der Waals surface area (Å²) in [4.78, 5) is 29.2. The van der Waals surface area contributed by atoms with Gasteiger partial charge in [-0.05, 0) is 73.2 Å². The fourth-order valence-corrected chi connectivity index (χ4v) is 6.81. The zero-order chi connectivity index (χ0) is 26.5. The van der Waals surface area contributed by atoms with Crippen LogP contribution >= 0.6 is 23.4 Å². The Bertz CT molecular complexity index is 1300. The van der Waals surface area contributed by atoms with Gasteiger partial charge in [0.1, 0.15) is 0 Å². The largest absolute Gasteiger partial charge is 0.352 e. The lowest BCUT2D eigenvalue weighted by atomic mass is 9.92. The Morgan fingerprint density at radius 2 is 1.66 bits per heavy atom. The molecule has 1 saturated heterocycles. The third-order valence-electron chi connectivity index (χ3n) is 7.37. The van der Waals surface area contributed by atoms with Crippen molar-refractivity contribution in [3.05, 3.63) is 111 Å². The average molecular weight is 545 g/mol. The number of carbonyl (C=O) groups excluding carboxylic acids is 2. The third-order valence-corrected chi connectivity index (χ3v) is 9.03. The van der Waals surface area contributed by atoms with Gasteiger partial charge in [0.05, 0.1) is 4.91 Å². The number of nitrogens with zero attached hydrogens (tertiary/aromatic N) is 1. The quantitative estimate of drug-likeness (QED) is 0.324. The Morgan fingerprint density at radius 1 is 0.974 bits per heavy atom. The molecule has 1 saturated carbocycles. The maximum absolute atomic E-state index is 13.7. The molecular formula is C32H33ClN2O2S. The van der Waals surface area contributed by atoms with Crippen molar-refractivity contribution in [2.45, 2.75) is 56.9 Å². The summed E-state index contributed by atoms with van der Waals surface area (Å²) in [7, 11) is 0. The highest BCUT2D eigenvalue weighted by molar-refractivity contribution is 8.04. The van der Waals surface area contributed by atoms with Gasteiger partial charge < -0.3 is 10.2 Å². The minimum atomic E-state index is -0.101. The van der Waals surface area contributed by atoms with Crippen molar-refractivity contribution < 1.29 is 9.59 Å². The predicted molar refractivity (Wildman–Crippen MR) is 157 cm³/mol. The number of hydrogen-bond donors (Lipinski definition) is 1. The SMILES string of the molecule is Cc1ccc(CN2C(=O)/C(=C\c3ccc(C(=O)NCCc4ccc(Cl)cc4)cc3)SC3CCCCC32)cc1. The number of halogens is 1. The normalized spacial score (nSPS) is 20.3. The Morgan fingerprint density at radius 3 is 2.39 bits per heavy atom. The van der Waals surface area contributed by atoms with Crippen LogP contribution in [0.2, 0.25) is 5.02 Å². The summed E-state index contributed by atoms with van der Waals surface area (Å²) in [5.74, 6) is 0.0124. The topological polar surface area (TPSA) is 49.4 Å². The van der Waals surface area contributed by atoms with Gasteiger partial charge in [-0.3, -0.25) is 9.59 Å². The summed E-state index contributed by atoms with van der Waals surface area (Å²) in [6, 6.07) is 23.9. The highest BCUT2D eigenvalue weighted by Gasteiger charge is 2.40. The minimum Gasteiger partial charge on any atom is -0.352 e. The van der Waals surface area contributed by atoms with Crippen LogP contribution in [0.15, 0.2) is 77.7 Å². The molecule has 1 aliphatic heterocycles. The van der Waals surface area contributed by atoms with Gasteiger partial charge in [-0.25, -0.2) is 0 Å². The average Bonchev–Trinajstić information content (AvgIpc) is 2.93. The summed E-state index contributed by atoms with van der Waals surface area (Å²) >= 11 is 7.67. The van der Waals surface area contributed by atoms with E-state index in [0.29, 0.717) is 35.0 Å².